The van der Waals surface area contributed by atoms with E-state index >= 15 is 0 Å². The normalized spacial score (nSPS) is 20.2. The highest BCUT2D eigenvalue weighted by molar-refractivity contribution is 6.05. The molecule has 48 heavy (non-hydrogen) atoms. The second-order valence-corrected chi connectivity index (χ2v) is 12.5. The Morgan fingerprint density at radius 1 is 1.12 bits per heavy atom. The van der Waals surface area contributed by atoms with E-state index in [1.807, 2.05) is 37.4 Å². The van der Waals surface area contributed by atoms with Gasteiger partial charge in [-0.05, 0) is 43.7 Å². The van der Waals surface area contributed by atoms with E-state index in [0.717, 1.165) is 37.2 Å². The molecule has 2 aliphatic heterocycles. The monoisotopic (exact) mass is 651 g/mol. The molecule has 0 bridgehead atoms. The van der Waals surface area contributed by atoms with E-state index in [1.165, 1.54) is 0 Å². The molecule has 1 saturated carbocycles. The Hall–Kier alpha value is -5.24. The summed E-state index contributed by atoms with van der Waals surface area (Å²) in [5, 5.41) is 16.3. The number of likely N-dealkylation sites (tertiary alicyclic amines) is 1. The molecule has 3 aliphatic rings. The number of pyridine rings is 1. The molecule has 1 unspecified atom stereocenters. The largest absolute Gasteiger partial charge is 0.494 e. The van der Waals surface area contributed by atoms with Crippen LogP contribution < -0.4 is 20.1 Å². The number of nitrogens with zero attached hydrogens (tertiary/aromatic N) is 7. The molecule has 1 aliphatic carbocycles. The molecule has 1 saturated heterocycles. The average molecular weight is 652 g/mol. The van der Waals surface area contributed by atoms with Crippen molar-refractivity contribution >= 4 is 34.1 Å². The Kier molecular flexibility index (Phi) is 7.79. The fourth-order valence-corrected chi connectivity index (χ4v) is 7.44. The number of amides is 1. The lowest BCUT2D eigenvalue weighted by molar-refractivity contribution is -0.148. The van der Waals surface area contributed by atoms with Gasteiger partial charge in [0, 0.05) is 63.4 Å². The standard InChI is InChI=1S/C34H37N9O5/c1-3-47-34(45)20-11-21-18-41(19-22(21)12-20)9-6-37-33(44)31-24-16-38-25(23-17-39-42-8-4-5-36-32(23)42)13-27(24)43(40-31)28-15-29-26(14-30(28)46-2)35-7-10-48-29/h4-5,8,13-17,20-22,35H,3,6-7,9-12,18-19H2,1-2H3,(H,37,44)/t20?,21-,22+. The number of anilines is 1. The number of nitrogens with one attached hydrogen (secondary N) is 2. The van der Waals surface area contributed by atoms with Crippen molar-refractivity contribution in [1.82, 2.24) is 39.6 Å². The van der Waals surface area contributed by atoms with E-state index in [2.05, 4.69) is 25.6 Å². The zero-order chi connectivity index (χ0) is 32.8. The predicted molar refractivity (Wildman–Crippen MR) is 176 cm³/mol. The molecule has 8 rings (SSSR count). The Morgan fingerprint density at radius 3 is 2.79 bits per heavy atom. The summed E-state index contributed by atoms with van der Waals surface area (Å²) in [7, 11) is 1.61. The zero-order valence-corrected chi connectivity index (χ0v) is 26.9. The van der Waals surface area contributed by atoms with Gasteiger partial charge in [0.15, 0.2) is 11.3 Å². The molecular formula is C34H37N9O5. The van der Waals surface area contributed by atoms with Gasteiger partial charge in [0.25, 0.3) is 5.91 Å². The lowest BCUT2D eigenvalue weighted by Gasteiger charge is -2.21. The van der Waals surface area contributed by atoms with Crippen molar-refractivity contribution < 1.29 is 23.8 Å². The first kappa shape index (κ1) is 30.1. The number of ether oxygens (including phenoxy) is 3. The molecule has 1 aromatic carbocycles. The Balaban J connectivity index is 1.07. The van der Waals surface area contributed by atoms with Crippen LogP contribution in [0.2, 0.25) is 0 Å². The molecule has 6 heterocycles. The number of methoxy groups -OCH3 is 1. The summed E-state index contributed by atoms with van der Waals surface area (Å²) in [5.41, 5.74) is 4.46. The van der Waals surface area contributed by atoms with E-state index < -0.39 is 0 Å². The number of hydrogen-bond donors (Lipinski definition) is 2. The summed E-state index contributed by atoms with van der Waals surface area (Å²) in [6.45, 7) is 6.54. The van der Waals surface area contributed by atoms with Crippen LogP contribution in [-0.2, 0) is 9.53 Å². The van der Waals surface area contributed by atoms with Crippen LogP contribution in [0.4, 0.5) is 5.69 Å². The van der Waals surface area contributed by atoms with Crippen LogP contribution in [0.1, 0.15) is 30.3 Å². The summed E-state index contributed by atoms with van der Waals surface area (Å²) >= 11 is 0. The van der Waals surface area contributed by atoms with Crippen LogP contribution in [0.25, 0.3) is 33.5 Å². The fraction of sp³-hybridized carbons (Fsp3) is 0.412. The number of benzene rings is 1. The van der Waals surface area contributed by atoms with Crippen molar-refractivity contribution in [2.75, 3.05) is 58.4 Å². The quantitative estimate of drug-likeness (QED) is 0.226. The van der Waals surface area contributed by atoms with Crippen LogP contribution in [0, 0.1) is 17.8 Å². The van der Waals surface area contributed by atoms with Crippen molar-refractivity contribution in [2.24, 2.45) is 17.8 Å². The summed E-state index contributed by atoms with van der Waals surface area (Å²) in [6, 6.07) is 7.48. The van der Waals surface area contributed by atoms with Gasteiger partial charge in [-0.1, -0.05) is 0 Å². The summed E-state index contributed by atoms with van der Waals surface area (Å²) in [6.07, 6.45) is 8.71. The van der Waals surface area contributed by atoms with E-state index in [0.29, 0.717) is 84.1 Å². The van der Waals surface area contributed by atoms with Gasteiger partial charge in [-0.25, -0.2) is 14.2 Å². The van der Waals surface area contributed by atoms with Gasteiger partial charge >= 0.3 is 5.97 Å². The molecule has 4 aromatic heterocycles. The summed E-state index contributed by atoms with van der Waals surface area (Å²) < 4.78 is 20.4. The highest BCUT2D eigenvalue weighted by Crippen LogP contribution is 2.42. The Labute approximate surface area is 276 Å². The maximum absolute atomic E-state index is 13.8. The number of carbonyl (C=O) groups excluding carboxylic acids is 2. The number of aromatic nitrogens is 6. The van der Waals surface area contributed by atoms with Crippen LogP contribution in [0.3, 0.4) is 0 Å². The van der Waals surface area contributed by atoms with Gasteiger partial charge in [-0.2, -0.15) is 10.2 Å². The van der Waals surface area contributed by atoms with E-state index in [4.69, 9.17) is 24.3 Å². The van der Waals surface area contributed by atoms with Crippen molar-refractivity contribution in [3.63, 3.8) is 0 Å². The van der Waals surface area contributed by atoms with Gasteiger partial charge in [0.1, 0.15) is 23.8 Å². The summed E-state index contributed by atoms with van der Waals surface area (Å²) in [5.74, 6) is 1.89. The van der Waals surface area contributed by atoms with Crippen LogP contribution >= 0.6 is 0 Å². The van der Waals surface area contributed by atoms with Crippen molar-refractivity contribution in [3.05, 3.63) is 54.7 Å². The molecule has 1 amide bonds. The minimum atomic E-state index is -0.289. The van der Waals surface area contributed by atoms with Crippen LogP contribution in [0.15, 0.2) is 49.1 Å². The van der Waals surface area contributed by atoms with Crippen molar-refractivity contribution in [3.8, 4) is 28.4 Å². The fourth-order valence-electron chi connectivity index (χ4n) is 7.44. The topological polar surface area (TPSA) is 150 Å². The number of fused-ring (bicyclic) bond motifs is 4. The molecular weight excluding hydrogens is 614 g/mol. The highest BCUT2D eigenvalue weighted by atomic mass is 16.5. The number of hydrogen-bond acceptors (Lipinski definition) is 11. The molecule has 2 fully saturated rings. The maximum atomic E-state index is 13.8. The molecule has 14 heteroatoms. The molecule has 14 nitrogen and oxygen atoms in total. The molecule has 0 spiro atoms. The van der Waals surface area contributed by atoms with E-state index in [9.17, 15) is 9.59 Å². The Bertz CT molecular complexity index is 2010. The SMILES string of the molecule is CCOC(=O)C1C[C@@H]2CN(CCNC(=O)c3nn(-c4cc5c(cc4OC)NCCO5)c4cc(-c5cnn6cccnc56)ncc34)C[C@@H]2C1. The van der Waals surface area contributed by atoms with Crippen molar-refractivity contribution in [2.45, 2.75) is 19.8 Å². The highest BCUT2D eigenvalue weighted by Gasteiger charge is 2.43. The van der Waals surface area contributed by atoms with Crippen LogP contribution in [-0.4, -0.2) is 99.2 Å². The zero-order valence-electron chi connectivity index (χ0n) is 26.9. The number of esters is 1. The van der Waals surface area contributed by atoms with Gasteiger partial charge in [-0.3, -0.25) is 14.6 Å². The molecule has 2 N–H and O–H groups in total. The van der Waals surface area contributed by atoms with E-state index in [1.54, 1.807) is 34.9 Å². The second-order valence-electron chi connectivity index (χ2n) is 12.5. The van der Waals surface area contributed by atoms with Gasteiger partial charge in [0.05, 0.1) is 53.7 Å². The second kappa shape index (κ2) is 12.4. The van der Waals surface area contributed by atoms with Gasteiger partial charge < -0.3 is 29.7 Å². The molecule has 0 radical (unpaired) electrons. The predicted octanol–water partition coefficient (Wildman–Crippen LogP) is 3.19. The summed E-state index contributed by atoms with van der Waals surface area (Å²) in [4.78, 5) is 37.6. The molecule has 5 aromatic rings. The minimum Gasteiger partial charge on any atom is -0.494 e. The first-order valence-corrected chi connectivity index (χ1v) is 16.4. The lowest BCUT2D eigenvalue weighted by Crippen LogP contribution is -2.35. The molecule has 3 atom stereocenters. The third-order valence-corrected chi connectivity index (χ3v) is 9.68. The van der Waals surface area contributed by atoms with Gasteiger partial charge in [0.2, 0.25) is 0 Å². The molecule has 248 valence electrons. The van der Waals surface area contributed by atoms with Crippen molar-refractivity contribution in [1.29, 1.82) is 0 Å². The third kappa shape index (κ3) is 5.35. The first-order chi connectivity index (χ1) is 23.5. The van der Waals surface area contributed by atoms with Crippen LogP contribution in [0.5, 0.6) is 11.5 Å². The first-order valence-electron chi connectivity index (χ1n) is 16.4. The maximum Gasteiger partial charge on any atom is 0.308 e. The lowest BCUT2D eigenvalue weighted by atomic mass is 10.0. The Morgan fingerprint density at radius 2 is 1.98 bits per heavy atom. The third-order valence-electron chi connectivity index (χ3n) is 9.68. The smallest absolute Gasteiger partial charge is 0.308 e. The van der Waals surface area contributed by atoms with Gasteiger partial charge in [-0.15, -0.1) is 0 Å². The minimum absolute atomic E-state index is 0.0139. The number of carbonyl (C=O) groups is 2. The number of rotatable bonds is 9. The average Bonchev–Trinajstić information content (AvgIpc) is 3.89. The van der Waals surface area contributed by atoms with E-state index in [-0.39, 0.29) is 23.5 Å².